The van der Waals surface area contributed by atoms with Gasteiger partial charge in [0.2, 0.25) is 5.91 Å². The van der Waals surface area contributed by atoms with Crippen molar-refractivity contribution < 1.29 is 14.3 Å². The molecule has 116 valence electrons. The minimum atomic E-state index is -0.767. The largest absolute Gasteiger partial charge is 0.464 e. The summed E-state index contributed by atoms with van der Waals surface area (Å²) < 4.78 is 5.18. The van der Waals surface area contributed by atoms with Gasteiger partial charge < -0.3 is 10.1 Å². The second kappa shape index (κ2) is 8.28. The van der Waals surface area contributed by atoms with Crippen LogP contribution in [0.2, 0.25) is 0 Å². The lowest BCUT2D eigenvalue weighted by atomic mass is 9.81. The van der Waals surface area contributed by atoms with Crippen molar-refractivity contribution >= 4 is 11.9 Å². The van der Waals surface area contributed by atoms with Crippen molar-refractivity contribution in [2.75, 3.05) is 6.61 Å². The van der Waals surface area contributed by atoms with Gasteiger partial charge in [-0.1, -0.05) is 46.0 Å². The topological polar surface area (TPSA) is 55.4 Å². The lowest BCUT2D eigenvalue weighted by Gasteiger charge is -2.35. The fourth-order valence-electron chi connectivity index (χ4n) is 3.03. The Morgan fingerprint density at radius 2 is 1.85 bits per heavy atom. The van der Waals surface area contributed by atoms with E-state index >= 15 is 0 Å². The van der Waals surface area contributed by atoms with Crippen LogP contribution in [0.3, 0.4) is 0 Å². The molecule has 1 aliphatic carbocycles. The lowest BCUT2D eigenvalue weighted by Crippen LogP contribution is -2.56. The Labute approximate surface area is 122 Å². The predicted octanol–water partition coefficient (Wildman–Crippen LogP) is 3.19. The third-order valence-corrected chi connectivity index (χ3v) is 4.07. The fourth-order valence-corrected chi connectivity index (χ4v) is 3.03. The molecule has 1 aliphatic rings. The summed E-state index contributed by atoms with van der Waals surface area (Å²) in [7, 11) is 0. The number of hydrogen-bond donors (Lipinski definition) is 1. The maximum Gasteiger partial charge on any atom is 0.331 e. The molecule has 1 rings (SSSR count). The molecule has 1 saturated carbocycles. The summed E-state index contributed by atoms with van der Waals surface area (Å²) >= 11 is 0. The molecule has 0 bridgehead atoms. The van der Waals surface area contributed by atoms with E-state index in [1.807, 2.05) is 0 Å². The monoisotopic (exact) mass is 283 g/mol. The first-order valence-electron chi connectivity index (χ1n) is 8.02. The first-order valence-corrected chi connectivity index (χ1v) is 8.02. The van der Waals surface area contributed by atoms with Crippen LogP contribution < -0.4 is 5.32 Å². The standard InChI is InChI=1S/C16H29NO3/c1-4-9-13(3)12-14(18)17-16(15(19)20-5-2)10-7-6-8-11-16/h13H,4-12H2,1-3H3,(H,17,18). The SMILES string of the molecule is CCCC(C)CC(=O)NC1(C(=O)OCC)CCCCC1. The van der Waals surface area contributed by atoms with E-state index < -0.39 is 5.54 Å². The zero-order chi connectivity index (χ0) is 15.0. The van der Waals surface area contributed by atoms with E-state index in [1.165, 1.54) is 0 Å². The highest BCUT2D eigenvalue weighted by Gasteiger charge is 2.42. The molecule has 0 spiro atoms. The van der Waals surface area contributed by atoms with Crippen molar-refractivity contribution in [1.82, 2.24) is 5.32 Å². The second-order valence-electron chi connectivity index (χ2n) is 6.01. The predicted molar refractivity (Wildman–Crippen MR) is 79.3 cm³/mol. The average Bonchev–Trinajstić information content (AvgIpc) is 2.40. The van der Waals surface area contributed by atoms with Gasteiger partial charge in [-0.3, -0.25) is 4.79 Å². The zero-order valence-electron chi connectivity index (χ0n) is 13.2. The van der Waals surface area contributed by atoms with Crippen LogP contribution in [0.5, 0.6) is 0 Å². The smallest absolute Gasteiger partial charge is 0.331 e. The maximum absolute atomic E-state index is 12.2. The molecule has 1 atom stereocenters. The van der Waals surface area contributed by atoms with Gasteiger partial charge in [-0.15, -0.1) is 0 Å². The highest BCUT2D eigenvalue weighted by molar-refractivity contribution is 5.88. The molecule has 1 fully saturated rings. The van der Waals surface area contributed by atoms with E-state index in [0.717, 1.165) is 32.1 Å². The van der Waals surface area contributed by atoms with Crippen LogP contribution in [0.1, 0.15) is 72.1 Å². The summed E-state index contributed by atoms with van der Waals surface area (Å²) in [6.07, 6.45) is 7.11. The van der Waals surface area contributed by atoms with Gasteiger partial charge >= 0.3 is 5.97 Å². The minimum absolute atomic E-state index is 0.0131. The number of rotatable bonds is 7. The van der Waals surface area contributed by atoms with Crippen molar-refractivity contribution in [3.63, 3.8) is 0 Å². The highest BCUT2D eigenvalue weighted by atomic mass is 16.5. The number of ether oxygens (including phenoxy) is 1. The van der Waals surface area contributed by atoms with Gasteiger partial charge in [0.25, 0.3) is 0 Å². The van der Waals surface area contributed by atoms with Crippen LogP contribution in [-0.2, 0) is 14.3 Å². The second-order valence-corrected chi connectivity index (χ2v) is 6.01. The Kier molecular flexibility index (Phi) is 7.03. The minimum Gasteiger partial charge on any atom is -0.464 e. The van der Waals surface area contributed by atoms with E-state index in [4.69, 9.17) is 4.74 Å². The molecule has 4 nitrogen and oxygen atoms in total. The number of esters is 1. The Balaban J connectivity index is 2.64. The first-order chi connectivity index (χ1) is 9.54. The molecule has 0 aliphatic heterocycles. The molecule has 4 heteroatoms. The van der Waals surface area contributed by atoms with Gasteiger partial charge in [0.05, 0.1) is 6.61 Å². The Hall–Kier alpha value is -1.06. The van der Waals surface area contributed by atoms with Gasteiger partial charge in [0.15, 0.2) is 0 Å². The Morgan fingerprint density at radius 3 is 2.40 bits per heavy atom. The average molecular weight is 283 g/mol. The number of nitrogens with one attached hydrogen (secondary N) is 1. The summed E-state index contributed by atoms with van der Waals surface area (Å²) in [6, 6.07) is 0. The van der Waals surface area contributed by atoms with E-state index in [9.17, 15) is 9.59 Å². The zero-order valence-corrected chi connectivity index (χ0v) is 13.2. The molecule has 0 aromatic heterocycles. The molecule has 0 aromatic rings. The van der Waals surface area contributed by atoms with Gasteiger partial charge in [-0.2, -0.15) is 0 Å². The number of carbonyl (C=O) groups excluding carboxylic acids is 2. The van der Waals surface area contributed by atoms with Crippen LogP contribution in [0.25, 0.3) is 0 Å². The number of amides is 1. The maximum atomic E-state index is 12.2. The lowest BCUT2D eigenvalue weighted by molar-refractivity contribution is -0.155. The van der Waals surface area contributed by atoms with Crippen LogP contribution in [0.4, 0.5) is 0 Å². The van der Waals surface area contributed by atoms with Crippen molar-refractivity contribution in [3.05, 3.63) is 0 Å². The normalized spacial score (nSPS) is 19.1. The highest BCUT2D eigenvalue weighted by Crippen LogP contribution is 2.30. The summed E-state index contributed by atoms with van der Waals surface area (Å²) in [4.78, 5) is 24.4. The third-order valence-electron chi connectivity index (χ3n) is 4.07. The summed E-state index contributed by atoms with van der Waals surface area (Å²) in [6.45, 7) is 6.37. The van der Waals surface area contributed by atoms with Crippen LogP contribution in [0.15, 0.2) is 0 Å². The molecule has 1 N–H and O–H groups in total. The van der Waals surface area contributed by atoms with Crippen molar-refractivity contribution in [2.24, 2.45) is 5.92 Å². The third kappa shape index (κ3) is 4.80. The fraction of sp³-hybridized carbons (Fsp3) is 0.875. The summed E-state index contributed by atoms with van der Waals surface area (Å²) in [5, 5.41) is 2.99. The van der Waals surface area contributed by atoms with Crippen LogP contribution in [0, 0.1) is 5.92 Å². The number of hydrogen-bond acceptors (Lipinski definition) is 3. The van der Waals surface area contributed by atoms with Gasteiger partial charge in [0.1, 0.15) is 5.54 Å². The van der Waals surface area contributed by atoms with E-state index in [2.05, 4.69) is 19.2 Å². The molecule has 0 radical (unpaired) electrons. The van der Waals surface area contributed by atoms with E-state index in [-0.39, 0.29) is 11.9 Å². The van der Waals surface area contributed by atoms with Crippen LogP contribution >= 0.6 is 0 Å². The summed E-state index contributed by atoms with van der Waals surface area (Å²) in [5.41, 5.74) is -0.767. The number of carbonyl (C=O) groups is 2. The molecule has 0 saturated heterocycles. The van der Waals surface area contributed by atoms with E-state index in [0.29, 0.717) is 31.8 Å². The molecule has 1 unspecified atom stereocenters. The van der Waals surface area contributed by atoms with Crippen LogP contribution in [-0.4, -0.2) is 24.0 Å². The molecular formula is C16H29NO3. The van der Waals surface area contributed by atoms with Gasteiger partial charge in [-0.25, -0.2) is 4.79 Å². The van der Waals surface area contributed by atoms with Crippen molar-refractivity contribution in [3.8, 4) is 0 Å². The van der Waals surface area contributed by atoms with Crippen molar-refractivity contribution in [1.29, 1.82) is 0 Å². The summed E-state index contributed by atoms with van der Waals surface area (Å²) in [5.74, 6) is 0.0972. The first kappa shape index (κ1) is 17.0. The van der Waals surface area contributed by atoms with Crippen molar-refractivity contribution in [2.45, 2.75) is 77.7 Å². The molecule has 0 heterocycles. The van der Waals surface area contributed by atoms with E-state index in [1.54, 1.807) is 6.92 Å². The molecule has 20 heavy (non-hydrogen) atoms. The Bertz CT molecular complexity index is 322. The Morgan fingerprint density at radius 1 is 1.20 bits per heavy atom. The molecule has 0 aromatic carbocycles. The molecule has 1 amide bonds. The molecular weight excluding hydrogens is 254 g/mol. The van der Waals surface area contributed by atoms with Gasteiger partial charge in [-0.05, 0) is 25.7 Å². The quantitative estimate of drug-likeness (QED) is 0.730. The van der Waals surface area contributed by atoms with Gasteiger partial charge in [0, 0.05) is 6.42 Å².